The molecule has 1 aliphatic heterocycles. The van der Waals surface area contributed by atoms with E-state index in [0.29, 0.717) is 6.54 Å². The second-order valence-electron chi connectivity index (χ2n) is 4.14. The highest BCUT2D eigenvalue weighted by molar-refractivity contribution is 7.13. The molecule has 0 aliphatic carbocycles. The van der Waals surface area contributed by atoms with E-state index in [1.54, 1.807) is 11.3 Å². The number of nitrogens with zero attached hydrogens (tertiary/aromatic N) is 2. The Bertz CT molecular complexity index is 322. The number of thiazole rings is 1. The first-order chi connectivity index (χ1) is 6.61. The van der Waals surface area contributed by atoms with Crippen molar-refractivity contribution in [1.82, 2.24) is 4.98 Å². The molecule has 0 radical (unpaired) electrons. The molecular formula is C10H16N2OS. The van der Waals surface area contributed by atoms with E-state index in [0.717, 1.165) is 30.2 Å². The smallest absolute Gasteiger partial charge is 0.185 e. The number of aryl methyl sites for hydroxylation is 1. The van der Waals surface area contributed by atoms with Crippen LogP contribution in [0.1, 0.15) is 26.0 Å². The van der Waals surface area contributed by atoms with Crippen molar-refractivity contribution in [2.75, 3.05) is 18.0 Å². The fourth-order valence-electron chi connectivity index (χ4n) is 1.71. The maximum atomic E-state index is 9.83. The summed E-state index contributed by atoms with van der Waals surface area (Å²) < 4.78 is 0. The zero-order chi connectivity index (χ0) is 10.2. The van der Waals surface area contributed by atoms with Crippen LogP contribution in [-0.4, -0.2) is 28.8 Å². The van der Waals surface area contributed by atoms with Crippen LogP contribution in [0, 0.1) is 0 Å². The molecule has 1 aromatic rings. The third-order valence-corrected chi connectivity index (χ3v) is 3.57. The largest absolute Gasteiger partial charge is 0.388 e. The van der Waals surface area contributed by atoms with Gasteiger partial charge in [0.15, 0.2) is 5.13 Å². The molecule has 1 N–H and O–H groups in total. The molecule has 1 saturated heterocycles. The van der Waals surface area contributed by atoms with E-state index in [2.05, 4.69) is 22.2 Å². The summed E-state index contributed by atoms with van der Waals surface area (Å²) in [4.78, 5) is 6.68. The highest BCUT2D eigenvalue weighted by Gasteiger charge is 2.32. The van der Waals surface area contributed by atoms with Gasteiger partial charge in [-0.15, -0.1) is 11.3 Å². The lowest BCUT2D eigenvalue weighted by Gasteiger charge is -2.17. The number of aromatic nitrogens is 1. The van der Waals surface area contributed by atoms with E-state index >= 15 is 0 Å². The van der Waals surface area contributed by atoms with E-state index < -0.39 is 5.60 Å². The van der Waals surface area contributed by atoms with Gasteiger partial charge in [0.2, 0.25) is 0 Å². The summed E-state index contributed by atoms with van der Waals surface area (Å²) in [5, 5.41) is 13.0. The van der Waals surface area contributed by atoms with Crippen LogP contribution in [-0.2, 0) is 6.42 Å². The Labute approximate surface area is 88.4 Å². The highest BCUT2D eigenvalue weighted by Crippen LogP contribution is 2.28. The van der Waals surface area contributed by atoms with Crippen molar-refractivity contribution in [1.29, 1.82) is 0 Å². The molecule has 4 heteroatoms. The zero-order valence-corrected chi connectivity index (χ0v) is 9.47. The molecule has 78 valence electrons. The molecule has 2 heterocycles. The van der Waals surface area contributed by atoms with Crippen LogP contribution in [0.25, 0.3) is 0 Å². The maximum absolute atomic E-state index is 9.83. The third-order valence-electron chi connectivity index (χ3n) is 2.62. The SMILES string of the molecule is CCc1csc(N2CCC(C)(O)C2)n1. The molecule has 1 aromatic heterocycles. The zero-order valence-electron chi connectivity index (χ0n) is 8.66. The van der Waals surface area contributed by atoms with Crippen molar-refractivity contribution in [3.63, 3.8) is 0 Å². The van der Waals surface area contributed by atoms with Gasteiger partial charge in [-0.2, -0.15) is 0 Å². The van der Waals surface area contributed by atoms with Gasteiger partial charge in [-0.25, -0.2) is 4.98 Å². The van der Waals surface area contributed by atoms with Crippen molar-refractivity contribution in [3.05, 3.63) is 11.1 Å². The molecule has 14 heavy (non-hydrogen) atoms. The van der Waals surface area contributed by atoms with Crippen LogP contribution < -0.4 is 4.90 Å². The molecule has 2 rings (SSSR count). The molecule has 0 aromatic carbocycles. The lowest BCUT2D eigenvalue weighted by Crippen LogP contribution is -2.29. The fraction of sp³-hybridized carbons (Fsp3) is 0.700. The standard InChI is InChI=1S/C10H16N2OS/c1-3-8-6-14-9(11-8)12-5-4-10(2,13)7-12/h6,13H,3-5,7H2,1-2H3. The van der Waals surface area contributed by atoms with Crippen molar-refractivity contribution < 1.29 is 5.11 Å². The summed E-state index contributed by atoms with van der Waals surface area (Å²) >= 11 is 1.68. The Hall–Kier alpha value is -0.610. The van der Waals surface area contributed by atoms with Gasteiger partial charge >= 0.3 is 0 Å². The van der Waals surface area contributed by atoms with Crippen LogP contribution >= 0.6 is 11.3 Å². The minimum Gasteiger partial charge on any atom is -0.388 e. The summed E-state index contributed by atoms with van der Waals surface area (Å²) in [5.41, 5.74) is 0.620. The van der Waals surface area contributed by atoms with Gasteiger partial charge in [-0.05, 0) is 19.8 Å². The lowest BCUT2D eigenvalue weighted by molar-refractivity contribution is 0.0839. The fourth-order valence-corrected chi connectivity index (χ4v) is 2.65. The van der Waals surface area contributed by atoms with Gasteiger partial charge in [-0.3, -0.25) is 0 Å². The number of β-amino-alcohol motifs (C(OH)–C–C–N with tert-alkyl or cyclic N) is 1. The monoisotopic (exact) mass is 212 g/mol. The molecule has 0 amide bonds. The molecule has 0 bridgehead atoms. The Morgan fingerprint density at radius 2 is 2.50 bits per heavy atom. The van der Waals surface area contributed by atoms with Crippen LogP contribution in [0.4, 0.5) is 5.13 Å². The van der Waals surface area contributed by atoms with Gasteiger partial charge in [0.05, 0.1) is 11.3 Å². The summed E-state index contributed by atoms with van der Waals surface area (Å²) in [7, 11) is 0. The molecule has 3 nitrogen and oxygen atoms in total. The van der Waals surface area contributed by atoms with E-state index in [4.69, 9.17) is 0 Å². The van der Waals surface area contributed by atoms with E-state index in [9.17, 15) is 5.11 Å². The van der Waals surface area contributed by atoms with E-state index in [1.165, 1.54) is 0 Å². The van der Waals surface area contributed by atoms with E-state index in [1.807, 2.05) is 6.92 Å². The van der Waals surface area contributed by atoms with Gasteiger partial charge < -0.3 is 10.0 Å². The normalized spacial score (nSPS) is 27.2. The minimum atomic E-state index is -0.530. The predicted molar refractivity (Wildman–Crippen MR) is 58.9 cm³/mol. The molecule has 0 spiro atoms. The minimum absolute atomic E-state index is 0.530. The summed E-state index contributed by atoms with van der Waals surface area (Å²) in [5.74, 6) is 0. The first kappa shape index (κ1) is 9.93. The van der Waals surface area contributed by atoms with Gasteiger partial charge in [-0.1, -0.05) is 6.92 Å². The molecule has 1 aliphatic rings. The Morgan fingerprint density at radius 1 is 1.71 bits per heavy atom. The maximum Gasteiger partial charge on any atom is 0.185 e. The number of hydrogen-bond acceptors (Lipinski definition) is 4. The molecule has 1 atom stereocenters. The van der Waals surface area contributed by atoms with Gasteiger partial charge in [0.1, 0.15) is 0 Å². The predicted octanol–water partition coefficient (Wildman–Crippen LogP) is 1.67. The molecule has 1 fully saturated rings. The van der Waals surface area contributed by atoms with Crippen LogP contribution in [0.3, 0.4) is 0 Å². The van der Waals surface area contributed by atoms with Crippen molar-refractivity contribution in [2.45, 2.75) is 32.3 Å². The summed E-state index contributed by atoms with van der Waals surface area (Å²) in [6, 6.07) is 0. The van der Waals surface area contributed by atoms with Crippen LogP contribution in [0.15, 0.2) is 5.38 Å². The average Bonchev–Trinajstić information content (AvgIpc) is 2.70. The number of hydrogen-bond donors (Lipinski definition) is 1. The topological polar surface area (TPSA) is 36.4 Å². The first-order valence-electron chi connectivity index (χ1n) is 5.02. The van der Waals surface area contributed by atoms with Crippen molar-refractivity contribution >= 4 is 16.5 Å². The van der Waals surface area contributed by atoms with Gasteiger partial charge in [0.25, 0.3) is 0 Å². The molecular weight excluding hydrogens is 196 g/mol. The second-order valence-corrected chi connectivity index (χ2v) is 4.98. The first-order valence-corrected chi connectivity index (χ1v) is 5.90. The van der Waals surface area contributed by atoms with Crippen LogP contribution in [0.2, 0.25) is 0 Å². The summed E-state index contributed by atoms with van der Waals surface area (Å²) in [6.45, 7) is 5.63. The van der Waals surface area contributed by atoms with E-state index in [-0.39, 0.29) is 0 Å². The number of rotatable bonds is 2. The van der Waals surface area contributed by atoms with Crippen molar-refractivity contribution in [2.24, 2.45) is 0 Å². The van der Waals surface area contributed by atoms with Gasteiger partial charge in [0, 0.05) is 18.5 Å². The Kier molecular flexibility index (Phi) is 2.49. The van der Waals surface area contributed by atoms with Crippen molar-refractivity contribution in [3.8, 4) is 0 Å². The Balaban J connectivity index is 2.09. The quantitative estimate of drug-likeness (QED) is 0.810. The lowest BCUT2D eigenvalue weighted by atomic mass is 10.1. The second kappa shape index (κ2) is 3.51. The van der Waals surface area contributed by atoms with Crippen LogP contribution in [0.5, 0.6) is 0 Å². The Morgan fingerprint density at radius 3 is 3.00 bits per heavy atom. The third kappa shape index (κ3) is 1.91. The average molecular weight is 212 g/mol. The number of aliphatic hydroxyl groups is 1. The molecule has 1 unspecified atom stereocenters. The molecule has 0 saturated carbocycles. The number of anilines is 1. The highest BCUT2D eigenvalue weighted by atomic mass is 32.1. The summed E-state index contributed by atoms with van der Waals surface area (Å²) in [6.07, 6.45) is 1.83.